The van der Waals surface area contributed by atoms with Gasteiger partial charge in [0.2, 0.25) is 17.7 Å². The zero-order valence-electron chi connectivity index (χ0n) is 12.3. The van der Waals surface area contributed by atoms with E-state index in [9.17, 15) is 16.8 Å². The molecule has 0 aliphatic rings. The van der Waals surface area contributed by atoms with Crippen molar-refractivity contribution in [2.45, 2.75) is 9.79 Å². The van der Waals surface area contributed by atoms with Gasteiger partial charge in [-0.2, -0.15) is 0 Å². The summed E-state index contributed by atoms with van der Waals surface area (Å²) in [5.74, 6) is 0.957. The van der Waals surface area contributed by atoms with E-state index in [-0.39, 0.29) is 19.6 Å². The van der Waals surface area contributed by atoms with Crippen LogP contribution in [0.3, 0.4) is 0 Å². The van der Waals surface area contributed by atoms with Crippen LogP contribution >= 0.6 is 9.83 Å². The maximum absolute atomic E-state index is 12.3. The molecule has 0 heterocycles. The Morgan fingerprint density at radius 3 is 1.22 bits per heavy atom. The summed E-state index contributed by atoms with van der Waals surface area (Å²) in [4.78, 5) is -0.222. The zero-order chi connectivity index (χ0) is 17.1. The van der Waals surface area contributed by atoms with E-state index < -0.39 is 17.7 Å². The maximum atomic E-state index is 12.3. The minimum absolute atomic E-state index is 0.0999. The fourth-order valence-corrected chi connectivity index (χ4v) is 8.40. The lowest BCUT2D eigenvalue weighted by Gasteiger charge is -2.07. The molecule has 0 saturated carbocycles. The lowest BCUT2D eigenvalue weighted by atomic mass is 10.3. The smallest absolute Gasteiger partial charge is 0.244 e. The summed E-state index contributed by atoms with van der Waals surface area (Å²) < 4.78 is 58.9. The van der Waals surface area contributed by atoms with Gasteiger partial charge < -0.3 is 9.47 Å². The SMILES string of the molecule is COc1ccc(S(=O)(=O)SS(=O)(=O)c2ccc(OC)cc2)cc1. The van der Waals surface area contributed by atoms with E-state index in [1.807, 2.05) is 0 Å². The van der Waals surface area contributed by atoms with Gasteiger partial charge in [0.1, 0.15) is 21.3 Å². The zero-order valence-corrected chi connectivity index (χ0v) is 14.7. The lowest BCUT2D eigenvalue weighted by molar-refractivity contribution is 0.414. The Kier molecular flexibility index (Phi) is 5.23. The summed E-state index contributed by atoms with van der Waals surface area (Å²) >= 11 is 0. The second kappa shape index (κ2) is 6.81. The van der Waals surface area contributed by atoms with Crippen molar-refractivity contribution in [3.63, 3.8) is 0 Å². The molecule has 6 nitrogen and oxygen atoms in total. The molecule has 0 aliphatic heterocycles. The second-order valence-corrected chi connectivity index (χ2v) is 11.5. The molecule has 0 fully saturated rings. The first-order chi connectivity index (χ1) is 10.8. The molecule has 0 N–H and O–H groups in total. The molecule has 0 amide bonds. The predicted octanol–water partition coefficient (Wildman–Crippen LogP) is 2.51. The van der Waals surface area contributed by atoms with Gasteiger partial charge in [-0.25, -0.2) is 16.8 Å². The van der Waals surface area contributed by atoms with Crippen molar-refractivity contribution >= 4 is 27.6 Å². The van der Waals surface area contributed by atoms with Crippen molar-refractivity contribution in [1.29, 1.82) is 0 Å². The van der Waals surface area contributed by atoms with E-state index in [1.165, 1.54) is 62.8 Å². The maximum Gasteiger partial charge on any atom is 0.244 e. The number of ether oxygens (including phenoxy) is 2. The van der Waals surface area contributed by atoms with Crippen molar-refractivity contribution in [3.8, 4) is 11.5 Å². The number of methoxy groups -OCH3 is 2. The molecule has 0 aliphatic carbocycles. The molecular weight excluding hydrogens is 360 g/mol. The fraction of sp³-hybridized carbons (Fsp3) is 0.143. The highest BCUT2D eigenvalue weighted by atomic mass is 33.5. The van der Waals surface area contributed by atoms with Crippen LogP contribution in [0.15, 0.2) is 58.3 Å². The van der Waals surface area contributed by atoms with Crippen molar-refractivity contribution in [2.75, 3.05) is 14.2 Å². The average molecular weight is 374 g/mol. The minimum Gasteiger partial charge on any atom is -0.497 e. The van der Waals surface area contributed by atoms with Gasteiger partial charge in [-0.3, -0.25) is 0 Å². The van der Waals surface area contributed by atoms with Crippen LogP contribution in [0.4, 0.5) is 0 Å². The predicted molar refractivity (Wildman–Crippen MR) is 88.0 cm³/mol. The first-order valence-corrected chi connectivity index (χ1v) is 11.1. The van der Waals surface area contributed by atoms with Crippen LogP contribution in [0.1, 0.15) is 0 Å². The summed E-state index contributed by atoms with van der Waals surface area (Å²) in [7, 11) is -5.33. The van der Waals surface area contributed by atoms with Crippen molar-refractivity contribution in [1.82, 2.24) is 0 Å². The van der Waals surface area contributed by atoms with Gasteiger partial charge in [-0.1, -0.05) is 0 Å². The van der Waals surface area contributed by atoms with Gasteiger partial charge in [0.15, 0.2) is 0 Å². The molecule has 0 spiro atoms. The van der Waals surface area contributed by atoms with E-state index in [4.69, 9.17) is 9.47 Å². The molecule has 0 radical (unpaired) electrons. The van der Waals surface area contributed by atoms with Crippen molar-refractivity contribution in [3.05, 3.63) is 48.5 Å². The van der Waals surface area contributed by atoms with Gasteiger partial charge >= 0.3 is 0 Å². The molecule has 2 aromatic carbocycles. The van der Waals surface area contributed by atoms with Crippen molar-refractivity contribution < 1.29 is 26.3 Å². The van der Waals surface area contributed by atoms with Crippen LogP contribution in [0.25, 0.3) is 0 Å². The molecule has 0 bridgehead atoms. The molecule has 23 heavy (non-hydrogen) atoms. The number of benzene rings is 2. The third-order valence-electron chi connectivity index (χ3n) is 2.88. The van der Waals surface area contributed by atoms with Crippen LogP contribution in [0.2, 0.25) is 0 Å². The van der Waals surface area contributed by atoms with E-state index in [0.717, 1.165) is 0 Å². The highest BCUT2D eigenvalue weighted by Gasteiger charge is 2.27. The summed E-state index contributed by atoms with van der Waals surface area (Å²) in [6.07, 6.45) is 0. The molecule has 0 saturated heterocycles. The monoisotopic (exact) mass is 374 g/mol. The van der Waals surface area contributed by atoms with E-state index >= 15 is 0 Å². The van der Waals surface area contributed by atoms with Crippen LogP contribution in [0.5, 0.6) is 11.5 Å². The third kappa shape index (κ3) is 4.18. The Bertz CT molecular complexity index is 794. The molecule has 0 aromatic heterocycles. The summed E-state index contributed by atoms with van der Waals surface area (Å²) in [5.41, 5.74) is 0. The van der Waals surface area contributed by atoms with Crippen molar-refractivity contribution in [2.24, 2.45) is 0 Å². The van der Waals surface area contributed by atoms with Gasteiger partial charge in [0.25, 0.3) is 0 Å². The summed E-state index contributed by atoms with van der Waals surface area (Å²) in [6, 6.07) is 11.0. The Morgan fingerprint density at radius 2 is 0.957 bits per heavy atom. The number of hydrogen-bond donors (Lipinski definition) is 0. The third-order valence-corrected chi connectivity index (χ3v) is 10.4. The quantitative estimate of drug-likeness (QED) is 0.718. The van der Waals surface area contributed by atoms with Crippen LogP contribution in [-0.4, -0.2) is 31.1 Å². The standard InChI is InChI=1S/C14H14O6S3/c1-19-11-3-7-13(8-4-11)22(15,16)21-23(17,18)14-9-5-12(20-2)6-10-14/h3-10H,1-2H3. The van der Waals surface area contributed by atoms with Crippen LogP contribution < -0.4 is 9.47 Å². The normalized spacial score (nSPS) is 11.9. The van der Waals surface area contributed by atoms with Gasteiger partial charge in [0, 0.05) is 0 Å². The topological polar surface area (TPSA) is 86.7 Å². The van der Waals surface area contributed by atoms with Gasteiger partial charge in [-0.05, 0) is 48.5 Å². The fourth-order valence-electron chi connectivity index (χ4n) is 1.68. The van der Waals surface area contributed by atoms with Crippen LogP contribution in [-0.2, 0) is 17.7 Å². The minimum atomic E-state index is -4.06. The first-order valence-electron chi connectivity index (χ1n) is 6.28. The van der Waals surface area contributed by atoms with Gasteiger partial charge in [0.05, 0.1) is 24.0 Å². The number of hydrogen-bond acceptors (Lipinski definition) is 7. The summed E-state index contributed by atoms with van der Waals surface area (Å²) in [5, 5.41) is 0. The second-order valence-electron chi connectivity index (χ2n) is 4.33. The summed E-state index contributed by atoms with van der Waals surface area (Å²) in [6.45, 7) is 0. The average Bonchev–Trinajstić information content (AvgIpc) is 2.54. The highest BCUT2D eigenvalue weighted by Crippen LogP contribution is 2.34. The van der Waals surface area contributed by atoms with E-state index in [0.29, 0.717) is 11.5 Å². The first kappa shape index (κ1) is 17.6. The van der Waals surface area contributed by atoms with E-state index in [2.05, 4.69) is 0 Å². The molecule has 2 aromatic rings. The Hall–Kier alpha value is -1.71. The van der Waals surface area contributed by atoms with Crippen LogP contribution in [0, 0.1) is 0 Å². The molecule has 0 unspecified atom stereocenters. The molecule has 9 heteroatoms. The molecule has 0 atom stereocenters. The Labute approximate surface area is 138 Å². The Balaban J connectivity index is 2.29. The number of rotatable bonds is 6. The molecular formula is C14H14O6S3. The molecule has 124 valence electrons. The van der Waals surface area contributed by atoms with Gasteiger partial charge in [-0.15, -0.1) is 0 Å². The Morgan fingerprint density at radius 1 is 0.652 bits per heavy atom. The largest absolute Gasteiger partial charge is 0.497 e. The highest BCUT2D eigenvalue weighted by molar-refractivity contribution is 9.04. The van der Waals surface area contributed by atoms with E-state index in [1.54, 1.807) is 0 Å². The molecule has 2 rings (SSSR count). The lowest BCUT2D eigenvalue weighted by Crippen LogP contribution is -2.03.